The van der Waals surface area contributed by atoms with Gasteiger partial charge in [0.1, 0.15) is 0 Å². The van der Waals surface area contributed by atoms with Gasteiger partial charge >= 0.3 is 0 Å². The number of benzene rings is 1. The molecule has 1 aromatic carbocycles. The predicted molar refractivity (Wildman–Crippen MR) is 113 cm³/mol. The van der Waals surface area contributed by atoms with Gasteiger partial charge in [-0.1, -0.05) is 23.3 Å². The van der Waals surface area contributed by atoms with Crippen molar-refractivity contribution in [1.29, 1.82) is 0 Å². The molecule has 2 bridgehead atoms. The minimum atomic E-state index is 0.0948. The van der Waals surface area contributed by atoms with E-state index in [0.717, 1.165) is 54.5 Å². The molecule has 1 N–H and O–H groups in total. The van der Waals surface area contributed by atoms with Crippen molar-refractivity contribution in [3.63, 3.8) is 0 Å². The number of aryl methyl sites for hydroxylation is 2. The third kappa shape index (κ3) is 3.20. The molecule has 3 aliphatic carbocycles. The molecule has 0 amide bonds. The second kappa shape index (κ2) is 7.22. The van der Waals surface area contributed by atoms with Crippen LogP contribution < -0.4 is 5.32 Å². The fourth-order valence-electron chi connectivity index (χ4n) is 5.36. The summed E-state index contributed by atoms with van der Waals surface area (Å²) >= 11 is 0. The Kier molecular flexibility index (Phi) is 4.64. The van der Waals surface area contributed by atoms with E-state index in [2.05, 4.69) is 44.7 Å². The molecule has 2 heterocycles. The zero-order valence-electron chi connectivity index (χ0n) is 17.9. The third-order valence-electron chi connectivity index (χ3n) is 7.48. The summed E-state index contributed by atoms with van der Waals surface area (Å²) in [7, 11) is 0. The Morgan fingerprint density at radius 1 is 1.03 bits per heavy atom. The van der Waals surface area contributed by atoms with Crippen LogP contribution in [0.5, 0.6) is 0 Å². The average Bonchev–Trinajstić information content (AvgIpc) is 3.45. The lowest BCUT2D eigenvalue weighted by molar-refractivity contribution is 0.0126. The monoisotopic (exact) mass is 407 g/mol. The molecule has 3 aromatic rings. The molecule has 3 aliphatic rings. The van der Waals surface area contributed by atoms with Gasteiger partial charge in [0.05, 0.1) is 0 Å². The Morgan fingerprint density at radius 2 is 1.80 bits per heavy atom. The summed E-state index contributed by atoms with van der Waals surface area (Å²) in [5, 5.41) is 11.8. The van der Waals surface area contributed by atoms with Gasteiger partial charge in [-0.25, -0.2) is 0 Å². The highest BCUT2D eigenvalue weighted by Gasteiger charge is 2.53. The maximum Gasteiger partial charge on any atom is 0.257 e. The normalized spacial score (nSPS) is 26.6. The van der Waals surface area contributed by atoms with Crippen LogP contribution in [0.4, 0.5) is 5.69 Å². The summed E-state index contributed by atoms with van der Waals surface area (Å²) in [6.45, 7) is 6.25. The molecule has 1 atom stereocenters. The van der Waals surface area contributed by atoms with Crippen molar-refractivity contribution in [2.24, 2.45) is 5.41 Å². The lowest BCUT2D eigenvalue weighted by Crippen LogP contribution is -2.51. The summed E-state index contributed by atoms with van der Waals surface area (Å²) in [6, 6.07) is 8.66. The molecule has 2 aromatic heterocycles. The van der Waals surface area contributed by atoms with Crippen molar-refractivity contribution in [3.05, 3.63) is 41.8 Å². The SMILES string of the molecule is CCc1noc(-c2cccc(NC(C)C34CCC(c5nc(C)no5)(CC3)CC4)c2)n1. The molecule has 7 nitrogen and oxygen atoms in total. The van der Waals surface area contributed by atoms with Gasteiger partial charge in [-0.15, -0.1) is 0 Å². The predicted octanol–water partition coefficient (Wildman–Crippen LogP) is 5.08. The molecule has 3 fully saturated rings. The van der Waals surface area contributed by atoms with Crippen molar-refractivity contribution in [1.82, 2.24) is 20.3 Å². The van der Waals surface area contributed by atoms with Gasteiger partial charge < -0.3 is 14.4 Å². The van der Waals surface area contributed by atoms with Gasteiger partial charge in [0.2, 0.25) is 5.89 Å². The second-order valence-corrected chi connectivity index (χ2v) is 9.11. The number of hydrogen-bond acceptors (Lipinski definition) is 7. The maximum atomic E-state index is 5.58. The van der Waals surface area contributed by atoms with E-state index in [9.17, 15) is 0 Å². The first kappa shape index (κ1) is 19.3. The summed E-state index contributed by atoms with van der Waals surface area (Å²) in [5.41, 5.74) is 2.46. The quantitative estimate of drug-likeness (QED) is 0.609. The largest absolute Gasteiger partial charge is 0.382 e. The molecule has 6 rings (SSSR count). The van der Waals surface area contributed by atoms with Crippen molar-refractivity contribution in [2.75, 3.05) is 5.32 Å². The van der Waals surface area contributed by atoms with Gasteiger partial charge in [-0.05, 0) is 76.0 Å². The molecule has 158 valence electrons. The zero-order valence-corrected chi connectivity index (χ0v) is 17.9. The Hall–Kier alpha value is -2.70. The van der Waals surface area contributed by atoms with E-state index in [1.807, 2.05) is 26.0 Å². The summed E-state index contributed by atoms with van der Waals surface area (Å²) < 4.78 is 11.0. The van der Waals surface area contributed by atoms with Gasteiger partial charge in [-0.3, -0.25) is 0 Å². The second-order valence-electron chi connectivity index (χ2n) is 9.11. The number of rotatable bonds is 6. The molecule has 7 heteroatoms. The Morgan fingerprint density at radius 3 is 2.43 bits per heavy atom. The molecule has 0 aliphatic heterocycles. The van der Waals surface area contributed by atoms with Crippen LogP contribution in [0.25, 0.3) is 11.5 Å². The average molecular weight is 408 g/mol. The van der Waals surface area contributed by atoms with Crippen LogP contribution in [-0.2, 0) is 11.8 Å². The summed E-state index contributed by atoms with van der Waals surface area (Å²) in [6.07, 6.45) is 7.71. The fourth-order valence-corrected chi connectivity index (χ4v) is 5.36. The van der Waals surface area contributed by atoms with Gasteiger partial charge in [0.25, 0.3) is 5.89 Å². The minimum absolute atomic E-state index is 0.0948. The Balaban J connectivity index is 1.30. The molecular weight excluding hydrogens is 378 g/mol. The number of nitrogens with zero attached hydrogens (tertiary/aromatic N) is 4. The number of nitrogens with one attached hydrogen (secondary N) is 1. The Bertz CT molecular complexity index is 1020. The van der Waals surface area contributed by atoms with Crippen molar-refractivity contribution >= 4 is 5.69 Å². The smallest absolute Gasteiger partial charge is 0.257 e. The van der Waals surface area contributed by atoms with E-state index < -0.39 is 0 Å². The van der Waals surface area contributed by atoms with E-state index in [0.29, 0.717) is 17.3 Å². The van der Waals surface area contributed by atoms with Crippen LogP contribution in [0, 0.1) is 12.3 Å². The minimum Gasteiger partial charge on any atom is -0.382 e. The number of anilines is 1. The summed E-state index contributed by atoms with van der Waals surface area (Å²) in [4.78, 5) is 9.03. The summed E-state index contributed by atoms with van der Waals surface area (Å²) in [5.74, 6) is 2.91. The van der Waals surface area contributed by atoms with Gasteiger partial charge in [0.15, 0.2) is 11.6 Å². The van der Waals surface area contributed by atoms with E-state index in [4.69, 9.17) is 9.05 Å². The highest BCUT2D eigenvalue weighted by atomic mass is 16.5. The van der Waals surface area contributed by atoms with Crippen molar-refractivity contribution in [2.45, 2.75) is 77.2 Å². The first-order valence-corrected chi connectivity index (χ1v) is 11.0. The standard InChI is InChI=1S/C23H29N5O2/c1-4-19-26-20(29-28-19)17-6-5-7-18(14-17)24-15(2)22-8-11-23(12-9-22,13-10-22)21-25-16(3)27-30-21/h5-7,14-15,24H,4,8-13H2,1-3H3. The van der Waals surface area contributed by atoms with Crippen LogP contribution in [0.3, 0.4) is 0 Å². The first-order valence-electron chi connectivity index (χ1n) is 11.0. The number of aromatic nitrogens is 4. The highest BCUT2D eigenvalue weighted by molar-refractivity contribution is 5.61. The first-order chi connectivity index (χ1) is 14.5. The lowest BCUT2D eigenvalue weighted by atomic mass is 9.51. The van der Waals surface area contributed by atoms with Gasteiger partial charge in [0, 0.05) is 29.1 Å². The van der Waals surface area contributed by atoms with Crippen LogP contribution in [-0.4, -0.2) is 26.3 Å². The third-order valence-corrected chi connectivity index (χ3v) is 7.48. The number of fused-ring (bicyclic) bond motifs is 3. The van der Waals surface area contributed by atoms with Gasteiger partial charge in [-0.2, -0.15) is 9.97 Å². The molecule has 0 radical (unpaired) electrons. The molecule has 30 heavy (non-hydrogen) atoms. The van der Waals surface area contributed by atoms with Crippen LogP contribution in [0.2, 0.25) is 0 Å². The highest BCUT2D eigenvalue weighted by Crippen LogP contribution is 2.59. The van der Waals surface area contributed by atoms with Crippen molar-refractivity contribution in [3.8, 4) is 11.5 Å². The number of hydrogen-bond donors (Lipinski definition) is 1. The molecule has 1 unspecified atom stereocenters. The Labute approximate surface area is 176 Å². The molecular formula is C23H29N5O2. The van der Waals surface area contributed by atoms with Crippen LogP contribution in [0.15, 0.2) is 33.3 Å². The fraction of sp³-hybridized carbons (Fsp3) is 0.565. The topological polar surface area (TPSA) is 89.9 Å². The van der Waals surface area contributed by atoms with Crippen LogP contribution >= 0.6 is 0 Å². The van der Waals surface area contributed by atoms with Crippen LogP contribution in [0.1, 0.15) is 69.9 Å². The molecule has 0 spiro atoms. The maximum absolute atomic E-state index is 5.58. The van der Waals surface area contributed by atoms with E-state index in [1.165, 1.54) is 19.3 Å². The zero-order chi connectivity index (χ0) is 20.8. The van der Waals surface area contributed by atoms with Crippen molar-refractivity contribution < 1.29 is 9.05 Å². The van der Waals surface area contributed by atoms with E-state index in [-0.39, 0.29) is 5.41 Å². The lowest BCUT2D eigenvalue weighted by Gasteiger charge is -2.54. The molecule has 3 saturated carbocycles. The van der Waals surface area contributed by atoms with E-state index in [1.54, 1.807) is 0 Å². The van der Waals surface area contributed by atoms with E-state index >= 15 is 0 Å². The molecule has 0 saturated heterocycles.